The van der Waals surface area contributed by atoms with Gasteiger partial charge in [0.05, 0.1) is 13.0 Å². The van der Waals surface area contributed by atoms with Crippen molar-refractivity contribution in [1.82, 2.24) is 19.9 Å². The standard InChI is InChI=1S/C19H16FN5O2/c1-27-19-11(6-9-4-5-21-16(9)25-19)13-8-22-17-10(13)2-3-15(23-17)24-18(26)12-7-14(12)20/h2-6,8,12,14H,7H2,1H3,(H,21,25)(H2,22,23,24,26)/t12-,14+/m1/s1. The number of rotatable bonds is 4. The molecule has 1 aliphatic rings. The predicted octanol–water partition coefficient (Wildman–Crippen LogP) is 3.41. The Morgan fingerprint density at radius 1 is 1.22 bits per heavy atom. The first-order valence-electron chi connectivity index (χ1n) is 8.59. The molecule has 4 aromatic heterocycles. The summed E-state index contributed by atoms with van der Waals surface area (Å²) < 4.78 is 18.5. The van der Waals surface area contributed by atoms with E-state index in [1.807, 2.05) is 30.6 Å². The Kier molecular flexibility index (Phi) is 3.40. The number of nitrogens with zero attached hydrogens (tertiary/aromatic N) is 2. The highest BCUT2D eigenvalue weighted by Crippen LogP contribution is 2.37. The SMILES string of the molecule is COc1nc2[nH]ccc2cc1-c1c[nH]c2nc(NC(=O)[C@@H]3C[C@@H]3F)ccc12. The number of aromatic amines is 2. The Bertz CT molecular complexity index is 1180. The first-order valence-corrected chi connectivity index (χ1v) is 8.59. The van der Waals surface area contributed by atoms with Crippen LogP contribution < -0.4 is 10.1 Å². The Morgan fingerprint density at radius 3 is 2.85 bits per heavy atom. The first-order chi connectivity index (χ1) is 13.1. The second kappa shape index (κ2) is 5.80. The highest BCUT2D eigenvalue weighted by atomic mass is 19.1. The molecule has 5 rings (SSSR count). The molecule has 1 saturated carbocycles. The lowest BCUT2D eigenvalue weighted by molar-refractivity contribution is -0.117. The van der Waals surface area contributed by atoms with Gasteiger partial charge in [-0.3, -0.25) is 4.79 Å². The van der Waals surface area contributed by atoms with Crippen LogP contribution in [0.2, 0.25) is 0 Å². The molecule has 4 aromatic rings. The molecule has 0 bridgehead atoms. The van der Waals surface area contributed by atoms with Gasteiger partial charge in [-0.25, -0.2) is 9.37 Å². The molecule has 2 atom stereocenters. The molecular formula is C19H16FN5O2. The van der Waals surface area contributed by atoms with Gasteiger partial charge >= 0.3 is 0 Å². The van der Waals surface area contributed by atoms with E-state index in [4.69, 9.17) is 4.74 Å². The number of carbonyl (C=O) groups excluding carboxylic acids is 1. The smallest absolute Gasteiger partial charge is 0.231 e. The quantitative estimate of drug-likeness (QED) is 0.516. The van der Waals surface area contributed by atoms with Crippen LogP contribution in [0.15, 0.2) is 36.7 Å². The molecule has 0 radical (unpaired) electrons. The number of aromatic nitrogens is 4. The van der Waals surface area contributed by atoms with E-state index in [2.05, 4.69) is 25.3 Å². The lowest BCUT2D eigenvalue weighted by Gasteiger charge is -2.07. The summed E-state index contributed by atoms with van der Waals surface area (Å²) in [5, 5.41) is 4.51. The van der Waals surface area contributed by atoms with Gasteiger partial charge in [0.2, 0.25) is 11.8 Å². The van der Waals surface area contributed by atoms with Gasteiger partial charge in [0.1, 0.15) is 23.3 Å². The summed E-state index contributed by atoms with van der Waals surface area (Å²) in [6.07, 6.45) is 2.91. The molecule has 0 spiro atoms. The van der Waals surface area contributed by atoms with E-state index in [0.717, 1.165) is 27.5 Å². The van der Waals surface area contributed by atoms with Crippen LogP contribution in [-0.2, 0) is 4.79 Å². The molecule has 1 fully saturated rings. The third-order valence-corrected chi connectivity index (χ3v) is 4.82. The van der Waals surface area contributed by atoms with Crippen molar-refractivity contribution in [2.45, 2.75) is 12.6 Å². The maximum atomic E-state index is 13.0. The average Bonchev–Trinajstić information content (AvgIpc) is 3.07. The molecule has 1 amide bonds. The van der Waals surface area contributed by atoms with Gasteiger partial charge in [0.25, 0.3) is 0 Å². The van der Waals surface area contributed by atoms with Crippen LogP contribution in [0.3, 0.4) is 0 Å². The van der Waals surface area contributed by atoms with Gasteiger partial charge in [-0.05, 0) is 30.7 Å². The summed E-state index contributed by atoms with van der Waals surface area (Å²) in [5.41, 5.74) is 3.11. The summed E-state index contributed by atoms with van der Waals surface area (Å²) in [7, 11) is 1.58. The van der Waals surface area contributed by atoms with Crippen LogP contribution in [0.5, 0.6) is 5.88 Å². The van der Waals surface area contributed by atoms with Crippen LogP contribution in [0.4, 0.5) is 10.2 Å². The molecule has 0 unspecified atom stereocenters. The molecule has 0 saturated heterocycles. The van der Waals surface area contributed by atoms with Gasteiger partial charge in [-0.1, -0.05) is 0 Å². The number of carbonyl (C=O) groups is 1. The average molecular weight is 365 g/mol. The molecule has 8 heteroatoms. The van der Waals surface area contributed by atoms with Crippen molar-refractivity contribution >= 4 is 33.8 Å². The Morgan fingerprint density at radius 2 is 2.07 bits per heavy atom. The molecule has 1 aliphatic carbocycles. The Balaban J connectivity index is 1.54. The van der Waals surface area contributed by atoms with Crippen LogP contribution in [-0.4, -0.2) is 39.1 Å². The zero-order chi connectivity index (χ0) is 18.5. The molecule has 0 aliphatic heterocycles. The van der Waals surface area contributed by atoms with E-state index in [1.54, 1.807) is 13.2 Å². The minimum atomic E-state index is -1.03. The lowest BCUT2D eigenvalue weighted by Crippen LogP contribution is -2.15. The molecule has 0 aromatic carbocycles. The number of anilines is 1. The van der Waals surface area contributed by atoms with E-state index in [-0.39, 0.29) is 12.3 Å². The van der Waals surface area contributed by atoms with Crippen molar-refractivity contribution in [3.63, 3.8) is 0 Å². The zero-order valence-corrected chi connectivity index (χ0v) is 14.4. The third kappa shape index (κ3) is 2.61. The molecule has 4 heterocycles. The van der Waals surface area contributed by atoms with Gasteiger partial charge in [0, 0.05) is 34.3 Å². The number of pyridine rings is 2. The predicted molar refractivity (Wildman–Crippen MR) is 99.4 cm³/mol. The molecule has 136 valence electrons. The van der Waals surface area contributed by atoms with E-state index < -0.39 is 12.1 Å². The normalized spacial score (nSPS) is 18.7. The van der Waals surface area contributed by atoms with Crippen molar-refractivity contribution in [3.8, 4) is 17.0 Å². The topological polar surface area (TPSA) is 95.7 Å². The molecular weight excluding hydrogens is 349 g/mol. The Hall–Kier alpha value is -3.42. The highest BCUT2D eigenvalue weighted by Gasteiger charge is 2.43. The number of methoxy groups -OCH3 is 1. The van der Waals surface area contributed by atoms with E-state index >= 15 is 0 Å². The van der Waals surface area contributed by atoms with Crippen molar-refractivity contribution in [2.75, 3.05) is 12.4 Å². The zero-order valence-electron chi connectivity index (χ0n) is 14.4. The second-order valence-electron chi connectivity index (χ2n) is 6.60. The third-order valence-electron chi connectivity index (χ3n) is 4.82. The fourth-order valence-electron chi connectivity index (χ4n) is 3.26. The van der Waals surface area contributed by atoms with Crippen LogP contribution in [0, 0.1) is 5.92 Å². The number of hydrogen-bond acceptors (Lipinski definition) is 4. The Labute approximate surface area is 153 Å². The number of amides is 1. The van der Waals surface area contributed by atoms with Crippen LogP contribution in [0.25, 0.3) is 33.2 Å². The van der Waals surface area contributed by atoms with Crippen molar-refractivity contribution in [1.29, 1.82) is 0 Å². The minimum absolute atomic E-state index is 0.287. The maximum absolute atomic E-state index is 13.0. The summed E-state index contributed by atoms with van der Waals surface area (Å²) in [4.78, 5) is 27.0. The van der Waals surface area contributed by atoms with E-state index in [0.29, 0.717) is 17.3 Å². The number of nitrogens with one attached hydrogen (secondary N) is 3. The number of H-pyrrole nitrogens is 2. The van der Waals surface area contributed by atoms with E-state index in [1.165, 1.54) is 0 Å². The van der Waals surface area contributed by atoms with Crippen LogP contribution in [0.1, 0.15) is 6.42 Å². The summed E-state index contributed by atoms with van der Waals surface area (Å²) in [6, 6.07) is 7.53. The number of ether oxygens (including phenoxy) is 1. The highest BCUT2D eigenvalue weighted by molar-refractivity contribution is 5.99. The van der Waals surface area contributed by atoms with Crippen LogP contribution >= 0.6 is 0 Å². The number of halogens is 1. The lowest BCUT2D eigenvalue weighted by atomic mass is 10.1. The largest absolute Gasteiger partial charge is 0.480 e. The minimum Gasteiger partial charge on any atom is -0.480 e. The monoisotopic (exact) mass is 365 g/mol. The maximum Gasteiger partial charge on any atom is 0.231 e. The van der Waals surface area contributed by atoms with Crippen molar-refractivity contribution < 1.29 is 13.9 Å². The fourth-order valence-corrected chi connectivity index (χ4v) is 3.26. The van der Waals surface area contributed by atoms with Gasteiger partial charge < -0.3 is 20.0 Å². The van der Waals surface area contributed by atoms with Gasteiger partial charge in [0.15, 0.2) is 0 Å². The van der Waals surface area contributed by atoms with Gasteiger partial charge in [-0.2, -0.15) is 4.98 Å². The summed E-state index contributed by atoms with van der Waals surface area (Å²) in [5.74, 6) is 0.0205. The molecule has 3 N–H and O–H groups in total. The fraction of sp³-hybridized carbons (Fsp3) is 0.211. The summed E-state index contributed by atoms with van der Waals surface area (Å²) >= 11 is 0. The number of alkyl halides is 1. The second-order valence-corrected chi connectivity index (χ2v) is 6.60. The summed E-state index contributed by atoms with van der Waals surface area (Å²) in [6.45, 7) is 0. The molecule has 7 nitrogen and oxygen atoms in total. The number of fused-ring (bicyclic) bond motifs is 2. The van der Waals surface area contributed by atoms with Crippen molar-refractivity contribution in [2.24, 2.45) is 5.92 Å². The van der Waals surface area contributed by atoms with Gasteiger partial charge in [-0.15, -0.1) is 0 Å². The molecule has 27 heavy (non-hydrogen) atoms. The first kappa shape index (κ1) is 15.8. The van der Waals surface area contributed by atoms with Crippen molar-refractivity contribution in [3.05, 3.63) is 36.7 Å². The number of hydrogen-bond donors (Lipinski definition) is 3. The van der Waals surface area contributed by atoms with E-state index in [9.17, 15) is 9.18 Å².